The number of hydrogen-bond acceptors (Lipinski definition) is 3. The molecule has 0 aliphatic heterocycles. The van der Waals surface area contributed by atoms with E-state index >= 15 is 0 Å². The second-order valence-electron chi connectivity index (χ2n) is 5.13. The molecule has 0 saturated heterocycles. The van der Waals surface area contributed by atoms with Gasteiger partial charge in [-0.2, -0.15) is 0 Å². The van der Waals surface area contributed by atoms with E-state index in [-0.39, 0.29) is 5.97 Å². The van der Waals surface area contributed by atoms with Crippen LogP contribution in [0.3, 0.4) is 0 Å². The van der Waals surface area contributed by atoms with Gasteiger partial charge in [-0.25, -0.2) is 4.79 Å². The van der Waals surface area contributed by atoms with Gasteiger partial charge in [0.1, 0.15) is 0 Å². The summed E-state index contributed by atoms with van der Waals surface area (Å²) in [6, 6.07) is 2.43. The van der Waals surface area contributed by atoms with Gasteiger partial charge in [-0.05, 0) is 32.0 Å². The Kier molecular flexibility index (Phi) is 9.02. The Morgan fingerprint density at radius 1 is 1.22 bits per heavy atom. The lowest BCUT2D eigenvalue weighted by atomic mass is 10.3. The van der Waals surface area contributed by atoms with Gasteiger partial charge in [0.15, 0.2) is 8.32 Å². The SMILES string of the molecule is C=C(C)C(=O)OCCCCC[Si](C)(CCC)OC. The number of hydrogen-bond donors (Lipinski definition) is 0. The first-order valence-corrected chi connectivity index (χ1v) is 9.65. The van der Waals surface area contributed by atoms with Gasteiger partial charge in [0.05, 0.1) is 6.61 Å². The van der Waals surface area contributed by atoms with Crippen LogP contribution in [0.2, 0.25) is 18.6 Å². The van der Waals surface area contributed by atoms with Crippen molar-refractivity contribution < 1.29 is 14.0 Å². The molecule has 0 bridgehead atoms. The third kappa shape index (κ3) is 7.66. The molecule has 0 heterocycles. The maximum Gasteiger partial charge on any atom is 0.333 e. The van der Waals surface area contributed by atoms with E-state index in [0.717, 1.165) is 12.8 Å². The first-order valence-electron chi connectivity index (χ1n) is 6.83. The summed E-state index contributed by atoms with van der Waals surface area (Å²) in [7, 11) is 0.399. The monoisotopic (exact) mass is 272 g/mol. The fourth-order valence-corrected chi connectivity index (χ4v) is 4.64. The number of esters is 1. The fraction of sp³-hybridized carbons (Fsp3) is 0.786. The summed E-state index contributed by atoms with van der Waals surface area (Å²) < 4.78 is 10.7. The van der Waals surface area contributed by atoms with Gasteiger partial charge in [0, 0.05) is 12.7 Å². The normalized spacial score (nSPS) is 14.0. The Hall–Kier alpha value is -0.613. The number of carbonyl (C=O) groups excluding carboxylic acids is 1. The summed E-state index contributed by atoms with van der Waals surface area (Å²) in [6.07, 6.45) is 4.40. The lowest BCUT2D eigenvalue weighted by molar-refractivity contribution is -0.139. The van der Waals surface area contributed by atoms with Crippen LogP contribution in [-0.4, -0.2) is 28.0 Å². The predicted octanol–water partition coefficient (Wildman–Crippen LogP) is 3.91. The molecule has 0 saturated carbocycles. The Labute approximate surface area is 113 Å². The lowest BCUT2D eigenvalue weighted by Gasteiger charge is -2.24. The van der Waals surface area contributed by atoms with E-state index in [9.17, 15) is 4.79 Å². The van der Waals surface area contributed by atoms with Crippen molar-refractivity contribution in [3.05, 3.63) is 12.2 Å². The minimum atomic E-state index is -1.45. The topological polar surface area (TPSA) is 35.5 Å². The molecule has 0 rings (SSSR count). The van der Waals surface area contributed by atoms with Crippen molar-refractivity contribution >= 4 is 14.3 Å². The molecule has 0 radical (unpaired) electrons. The minimum absolute atomic E-state index is 0.280. The molecule has 1 atom stereocenters. The second kappa shape index (κ2) is 9.33. The molecule has 0 fully saturated rings. The summed E-state index contributed by atoms with van der Waals surface area (Å²) in [5.74, 6) is -0.280. The zero-order valence-corrected chi connectivity index (χ0v) is 13.4. The highest BCUT2D eigenvalue weighted by Gasteiger charge is 2.25. The van der Waals surface area contributed by atoms with Crippen LogP contribution in [0.5, 0.6) is 0 Å². The zero-order valence-electron chi connectivity index (χ0n) is 12.4. The summed E-state index contributed by atoms with van der Waals surface area (Å²) in [5.41, 5.74) is 0.470. The molecule has 106 valence electrons. The van der Waals surface area contributed by atoms with Crippen LogP contribution in [0.25, 0.3) is 0 Å². The predicted molar refractivity (Wildman–Crippen MR) is 78.2 cm³/mol. The van der Waals surface area contributed by atoms with Gasteiger partial charge in [0.2, 0.25) is 0 Å². The van der Waals surface area contributed by atoms with Crippen molar-refractivity contribution in [3.8, 4) is 0 Å². The van der Waals surface area contributed by atoms with E-state index < -0.39 is 8.32 Å². The molecule has 0 aromatic rings. The number of rotatable bonds is 10. The first-order chi connectivity index (χ1) is 8.45. The van der Waals surface area contributed by atoms with Crippen LogP contribution in [0.15, 0.2) is 12.2 Å². The number of unbranched alkanes of at least 4 members (excludes halogenated alkanes) is 2. The highest BCUT2D eigenvalue weighted by molar-refractivity contribution is 6.72. The summed E-state index contributed by atoms with van der Waals surface area (Å²) in [6.45, 7) is 10.2. The second-order valence-corrected chi connectivity index (χ2v) is 9.44. The van der Waals surface area contributed by atoms with Crippen molar-refractivity contribution in [2.24, 2.45) is 0 Å². The van der Waals surface area contributed by atoms with E-state index in [0.29, 0.717) is 12.2 Å². The highest BCUT2D eigenvalue weighted by atomic mass is 28.4. The van der Waals surface area contributed by atoms with Crippen molar-refractivity contribution in [1.29, 1.82) is 0 Å². The third-order valence-electron chi connectivity index (χ3n) is 3.20. The molecule has 0 amide bonds. The van der Waals surface area contributed by atoms with E-state index in [2.05, 4.69) is 20.0 Å². The average molecular weight is 272 g/mol. The Morgan fingerprint density at radius 3 is 2.39 bits per heavy atom. The molecule has 0 aliphatic rings. The highest BCUT2D eigenvalue weighted by Crippen LogP contribution is 2.21. The van der Waals surface area contributed by atoms with Crippen LogP contribution >= 0.6 is 0 Å². The van der Waals surface area contributed by atoms with Crippen LogP contribution in [0, 0.1) is 0 Å². The fourth-order valence-electron chi connectivity index (χ4n) is 1.92. The molecule has 0 aliphatic carbocycles. The van der Waals surface area contributed by atoms with Crippen LogP contribution in [-0.2, 0) is 14.0 Å². The number of carbonyl (C=O) groups is 1. The summed E-state index contributed by atoms with van der Waals surface area (Å²) >= 11 is 0. The largest absolute Gasteiger partial charge is 0.462 e. The maximum absolute atomic E-state index is 11.1. The molecule has 0 aromatic heterocycles. The van der Waals surface area contributed by atoms with Crippen molar-refractivity contribution in [1.82, 2.24) is 0 Å². The Morgan fingerprint density at radius 2 is 1.89 bits per heavy atom. The Balaban J connectivity index is 3.61. The van der Waals surface area contributed by atoms with Crippen molar-refractivity contribution in [2.45, 2.75) is 58.2 Å². The van der Waals surface area contributed by atoms with Gasteiger partial charge in [-0.1, -0.05) is 32.8 Å². The van der Waals surface area contributed by atoms with Crippen LogP contribution in [0.1, 0.15) is 39.5 Å². The van der Waals surface area contributed by atoms with Gasteiger partial charge >= 0.3 is 5.97 Å². The molecular weight excluding hydrogens is 244 g/mol. The Bertz CT molecular complexity index is 266. The molecular formula is C14H28O3Si. The lowest BCUT2D eigenvalue weighted by Crippen LogP contribution is -2.32. The van der Waals surface area contributed by atoms with Gasteiger partial charge < -0.3 is 9.16 Å². The van der Waals surface area contributed by atoms with Crippen molar-refractivity contribution in [2.75, 3.05) is 13.7 Å². The maximum atomic E-state index is 11.1. The van der Waals surface area contributed by atoms with Crippen molar-refractivity contribution in [3.63, 3.8) is 0 Å². The molecule has 3 nitrogen and oxygen atoms in total. The quantitative estimate of drug-likeness (QED) is 0.262. The van der Waals surface area contributed by atoms with E-state index in [1.165, 1.54) is 24.9 Å². The molecule has 0 aromatic carbocycles. The van der Waals surface area contributed by atoms with Gasteiger partial charge in [0.25, 0.3) is 0 Å². The van der Waals surface area contributed by atoms with E-state index in [1.54, 1.807) is 6.92 Å². The molecule has 4 heteroatoms. The van der Waals surface area contributed by atoms with Crippen LogP contribution in [0.4, 0.5) is 0 Å². The van der Waals surface area contributed by atoms with E-state index in [1.807, 2.05) is 7.11 Å². The number of ether oxygens (including phenoxy) is 1. The molecule has 18 heavy (non-hydrogen) atoms. The van der Waals surface area contributed by atoms with Crippen LogP contribution < -0.4 is 0 Å². The smallest absolute Gasteiger partial charge is 0.333 e. The minimum Gasteiger partial charge on any atom is -0.462 e. The molecule has 0 N–H and O–H groups in total. The standard InChI is InChI=1S/C14H28O3Si/c1-6-11-18(5,16-4)12-9-7-8-10-17-14(15)13(2)3/h2,6-12H2,1,3-5H3. The zero-order chi connectivity index (χ0) is 14.0. The third-order valence-corrected chi connectivity index (χ3v) is 7.16. The van der Waals surface area contributed by atoms with Gasteiger partial charge in [-0.3, -0.25) is 0 Å². The summed E-state index contributed by atoms with van der Waals surface area (Å²) in [5, 5.41) is 0. The first kappa shape index (κ1) is 17.4. The van der Waals surface area contributed by atoms with E-state index in [4.69, 9.17) is 9.16 Å². The average Bonchev–Trinajstić information content (AvgIpc) is 2.33. The summed E-state index contributed by atoms with van der Waals surface area (Å²) in [4.78, 5) is 11.1. The molecule has 1 unspecified atom stereocenters. The van der Waals surface area contributed by atoms with Gasteiger partial charge in [-0.15, -0.1) is 0 Å². The molecule has 0 spiro atoms.